The standard InChI is InChI=1S/C16H34N2S/c1-7-14(12-19-6)18(5)11-13-10-16(2,3)9-8-15(13)17-4/h13-15,17H,7-12H2,1-6H3. The fraction of sp³-hybridized carbons (Fsp3) is 1.00. The SMILES string of the molecule is CCC(CSC)N(C)CC1CC(C)(C)CCC1NC. The highest BCUT2D eigenvalue weighted by Gasteiger charge is 2.35. The minimum atomic E-state index is 0.528. The van der Waals surface area contributed by atoms with Crippen LogP contribution in [0.1, 0.15) is 46.5 Å². The van der Waals surface area contributed by atoms with Gasteiger partial charge in [-0.3, -0.25) is 0 Å². The van der Waals surface area contributed by atoms with E-state index in [0.717, 1.165) is 12.0 Å². The van der Waals surface area contributed by atoms with Crippen molar-refractivity contribution in [3.8, 4) is 0 Å². The smallest absolute Gasteiger partial charge is 0.0180 e. The molecule has 0 aliphatic heterocycles. The number of thioether (sulfide) groups is 1. The van der Waals surface area contributed by atoms with Crippen molar-refractivity contribution in [3.63, 3.8) is 0 Å². The Balaban J connectivity index is 2.60. The fourth-order valence-corrected chi connectivity index (χ4v) is 4.45. The molecule has 1 fully saturated rings. The van der Waals surface area contributed by atoms with Gasteiger partial charge in [0.15, 0.2) is 0 Å². The highest BCUT2D eigenvalue weighted by molar-refractivity contribution is 7.98. The number of rotatable bonds is 7. The Morgan fingerprint density at radius 1 is 1.42 bits per heavy atom. The lowest BCUT2D eigenvalue weighted by Gasteiger charge is -2.43. The maximum absolute atomic E-state index is 3.55. The van der Waals surface area contributed by atoms with E-state index in [1.54, 1.807) is 0 Å². The largest absolute Gasteiger partial charge is 0.317 e. The molecule has 1 N–H and O–H groups in total. The molecule has 0 bridgehead atoms. The van der Waals surface area contributed by atoms with Crippen LogP contribution in [0.25, 0.3) is 0 Å². The molecule has 0 radical (unpaired) electrons. The van der Waals surface area contributed by atoms with E-state index in [2.05, 4.69) is 51.3 Å². The van der Waals surface area contributed by atoms with Crippen LogP contribution in [0.4, 0.5) is 0 Å². The lowest BCUT2D eigenvalue weighted by molar-refractivity contribution is 0.0997. The Bertz CT molecular complexity index is 255. The van der Waals surface area contributed by atoms with Gasteiger partial charge in [-0.25, -0.2) is 0 Å². The fourth-order valence-electron chi connectivity index (χ4n) is 3.58. The average molecular weight is 287 g/mol. The van der Waals surface area contributed by atoms with Gasteiger partial charge in [0, 0.05) is 24.4 Å². The van der Waals surface area contributed by atoms with Crippen molar-refractivity contribution in [2.75, 3.05) is 32.6 Å². The first-order valence-electron chi connectivity index (χ1n) is 7.80. The molecule has 1 saturated carbocycles. The monoisotopic (exact) mass is 286 g/mol. The topological polar surface area (TPSA) is 15.3 Å². The summed E-state index contributed by atoms with van der Waals surface area (Å²) < 4.78 is 0. The Morgan fingerprint density at radius 2 is 2.11 bits per heavy atom. The first-order valence-corrected chi connectivity index (χ1v) is 9.19. The van der Waals surface area contributed by atoms with Crippen LogP contribution in [0.5, 0.6) is 0 Å². The van der Waals surface area contributed by atoms with E-state index in [0.29, 0.717) is 11.5 Å². The molecule has 0 aromatic rings. The molecule has 3 unspecified atom stereocenters. The zero-order chi connectivity index (χ0) is 14.5. The lowest BCUT2D eigenvalue weighted by atomic mass is 9.69. The molecule has 114 valence electrons. The Kier molecular flexibility index (Phi) is 7.20. The van der Waals surface area contributed by atoms with Crippen molar-refractivity contribution in [3.05, 3.63) is 0 Å². The summed E-state index contributed by atoms with van der Waals surface area (Å²) in [4.78, 5) is 2.60. The maximum atomic E-state index is 3.55. The van der Waals surface area contributed by atoms with Gasteiger partial charge in [0.05, 0.1) is 0 Å². The van der Waals surface area contributed by atoms with Crippen molar-refractivity contribution in [1.29, 1.82) is 0 Å². The van der Waals surface area contributed by atoms with Crippen molar-refractivity contribution in [2.45, 2.75) is 58.5 Å². The van der Waals surface area contributed by atoms with Gasteiger partial charge < -0.3 is 10.2 Å². The molecule has 3 heteroatoms. The molecule has 0 aromatic carbocycles. The third-order valence-corrected chi connectivity index (χ3v) is 5.58. The first-order chi connectivity index (χ1) is 8.93. The molecule has 0 amide bonds. The predicted octanol–water partition coefficient (Wildman–Crippen LogP) is 3.47. The number of nitrogens with zero attached hydrogens (tertiary/aromatic N) is 1. The minimum Gasteiger partial charge on any atom is -0.317 e. The van der Waals surface area contributed by atoms with Gasteiger partial charge in [-0.15, -0.1) is 0 Å². The summed E-state index contributed by atoms with van der Waals surface area (Å²) in [6, 6.07) is 1.44. The quantitative estimate of drug-likeness (QED) is 0.771. The molecule has 0 spiro atoms. The summed E-state index contributed by atoms with van der Waals surface area (Å²) in [6.07, 6.45) is 7.54. The average Bonchev–Trinajstić information content (AvgIpc) is 2.35. The van der Waals surface area contributed by atoms with Crippen LogP contribution in [-0.4, -0.2) is 49.6 Å². The summed E-state index contributed by atoms with van der Waals surface area (Å²) in [6.45, 7) is 8.43. The highest BCUT2D eigenvalue weighted by atomic mass is 32.2. The summed E-state index contributed by atoms with van der Waals surface area (Å²) in [5, 5.41) is 3.55. The highest BCUT2D eigenvalue weighted by Crippen LogP contribution is 2.39. The Hall–Kier alpha value is 0.270. The van der Waals surface area contributed by atoms with Crippen LogP contribution in [0.2, 0.25) is 0 Å². The van der Waals surface area contributed by atoms with Gasteiger partial charge in [0.25, 0.3) is 0 Å². The van der Waals surface area contributed by atoms with Crippen molar-refractivity contribution in [1.82, 2.24) is 10.2 Å². The second kappa shape index (κ2) is 7.90. The van der Waals surface area contributed by atoms with Gasteiger partial charge in [-0.2, -0.15) is 11.8 Å². The second-order valence-electron chi connectivity index (χ2n) is 7.02. The van der Waals surface area contributed by atoms with E-state index in [1.807, 2.05) is 11.8 Å². The molecule has 0 saturated heterocycles. The summed E-state index contributed by atoms with van der Waals surface area (Å²) >= 11 is 1.97. The van der Waals surface area contributed by atoms with E-state index in [4.69, 9.17) is 0 Å². The van der Waals surface area contributed by atoms with Crippen LogP contribution in [-0.2, 0) is 0 Å². The van der Waals surface area contributed by atoms with E-state index >= 15 is 0 Å². The van der Waals surface area contributed by atoms with Crippen LogP contribution in [0.3, 0.4) is 0 Å². The molecule has 1 aliphatic carbocycles. The Labute approximate surface area is 125 Å². The third-order valence-electron chi connectivity index (χ3n) is 4.86. The zero-order valence-corrected chi connectivity index (χ0v) is 14.6. The summed E-state index contributed by atoms with van der Waals surface area (Å²) in [5.74, 6) is 2.06. The summed E-state index contributed by atoms with van der Waals surface area (Å²) in [7, 11) is 4.45. The molecular formula is C16H34N2S. The normalized spacial score (nSPS) is 28.6. The van der Waals surface area contributed by atoms with E-state index in [9.17, 15) is 0 Å². The van der Waals surface area contributed by atoms with Gasteiger partial charge in [0.2, 0.25) is 0 Å². The summed E-state index contributed by atoms with van der Waals surface area (Å²) in [5.41, 5.74) is 0.528. The van der Waals surface area contributed by atoms with Gasteiger partial charge in [-0.05, 0) is 57.4 Å². The van der Waals surface area contributed by atoms with Crippen molar-refractivity contribution >= 4 is 11.8 Å². The van der Waals surface area contributed by atoms with Crippen molar-refractivity contribution in [2.24, 2.45) is 11.3 Å². The van der Waals surface area contributed by atoms with Crippen LogP contribution in [0.15, 0.2) is 0 Å². The molecule has 0 heterocycles. The second-order valence-corrected chi connectivity index (χ2v) is 7.93. The van der Waals surface area contributed by atoms with E-state index in [-0.39, 0.29) is 0 Å². The zero-order valence-electron chi connectivity index (χ0n) is 13.8. The molecule has 1 rings (SSSR count). The van der Waals surface area contributed by atoms with Crippen LogP contribution >= 0.6 is 11.8 Å². The number of nitrogens with one attached hydrogen (secondary N) is 1. The number of hydrogen-bond donors (Lipinski definition) is 1. The third kappa shape index (κ3) is 5.28. The van der Waals surface area contributed by atoms with Crippen LogP contribution < -0.4 is 5.32 Å². The molecule has 19 heavy (non-hydrogen) atoms. The van der Waals surface area contributed by atoms with Gasteiger partial charge in [-0.1, -0.05) is 20.8 Å². The molecule has 3 atom stereocenters. The first kappa shape index (κ1) is 17.3. The molecular weight excluding hydrogens is 252 g/mol. The van der Waals surface area contributed by atoms with E-state index < -0.39 is 0 Å². The molecule has 2 nitrogen and oxygen atoms in total. The Morgan fingerprint density at radius 3 is 2.63 bits per heavy atom. The lowest BCUT2D eigenvalue weighted by Crippen LogP contribution is -2.48. The maximum Gasteiger partial charge on any atom is 0.0180 e. The van der Waals surface area contributed by atoms with Gasteiger partial charge >= 0.3 is 0 Å². The molecule has 0 aromatic heterocycles. The predicted molar refractivity (Wildman–Crippen MR) is 89.1 cm³/mol. The van der Waals surface area contributed by atoms with Gasteiger partial charge in [0.1, 0.15) is 0 Å². The van der Waals surface area contributed by atoms with Crippen LogP contribution in [0, 0.1) is 11.3 Å². The van der Waals surface area contributed by atoms with Crippen molar-refractivity contribution < 1.29 is 0 Å². The minimum absolute atomic E-state index is 0.528. The number of hydrogen-bond acceptors (Lipinski definition) is 3. The molecule has 1 aliphatic rings. The van der Waals surface area contributed by atoms with E-state index in [1.165, 1.54) is 38.0 Å².